The Hall–Kier alpha value is -6.56. The Bertz CT molecular complexity index is 2430. The molecule has 0 aliphatic heterocycles. The number of aryl methyl sites for hydroxylation is 5. The molecule has 0 aliphatic rings. The van der Waals surface area contributed by atoms with Gasteiger partial charge in [0.2, 0.25) is 17.8 Å². The summed E-state index contributed by atoms with van der Waals surface area (Å²) in [5, 5.41) is 17.8. The number of hydrogen-bond acceptors (Lipinski definition) is 11. The molecular weight excluding hydrogens is 817 g/mol. The second-order valence-corrected chi connectivity index (χ2v) is 15.4. The van der Waals surface area contributed by atoms with Crippen LogP contribution in [-0.4, -0.2) is 85.4 Å². The van der Waals surface area contributed by atoms with Gasteiger partial charge >= 0.3 is 0 Å². The Morgan fingerprint density at radius 1 is 0.734 bits per heavy atom. The second-order valence-electron chi connectivity index (χ2n) is 15.4. The molecule has 4 amide bonds. The molecule has 0 unspecified atom stereocenters. The van der Waals surface area contributed by atoms with Crippen LogP contribution in [0.5, 0.6) is 11.5 Å². The zero-order valence-corrected chi connectivity index (χ0v) is 38.9. The molecule has 0 fully saturated rings. The first kappa shape index (κ1) is 50.1. The molecule has 0 bridgehead atoms. The van der Waals surface area contributed by atoms with Crippen molar-refractivity contribution in [2.75, 3.05) is 32.1 Å². The lowest BCUT2D eigenvalue weighted by Crippen LogP contribution is -2.30. The first-order valence-electron chi connectivity index (χ1n) is 22.1. The average molecular weight is 883 g/mol. The lowest BCUT2D eigenvalue weighted by molar-refractivity contribution is 0.0962. The minimum atomic E-state index is -0.580. The fourth-order valence-electron chi connectivity index (χ4n) is 7.03. The van der Waals surface area contributed by atoms with Crippen LogP contribution in [0.1, 0.15) is 138 Å². The number of aliphatic imine (C=N–C) groups is 1. The Balaban J connectivity index is 0.000000301. The number of nitrogens with two attached hydrogens (primary N) is 2. The highest BCUT2D eigenvalue weighted by molar-refractivity contribution is 6.06. The van der Waals surface area contributed by atoms with Gasteiger partial charge in [-0.05, 0) is 110 Å². The summed E-state index contributed by atoms with van der Waals surface area (Å²) in [4.78, 5) is 58.5. The van der Waals surface area contributed by atoms with E-state index in [2.05, 4.69) is 45.0 Å². The van der Waals surface area contributed by atoms with Crippen molar-refractivity contribution >= 4 is 52.1 Å². The van der Waals surface area contributed by atoms with Crippen LogP contribution < -0.4 is 36.9 Å². The lowest BCUT2D eigenvalue weighted by Gasteiger charge is -2.14. The van der Waals surface area contributed by atoms with E-state index in [4.69, 9.17) is 25.9 Å². The number of ether oxygens (including phenoxy) is 2. The van der Waals surface area contributed by atoms with E-state index in [1.165, 1.54) is 20.0 Å². The van der Waals surface area contributed by atoms with Gasteiger partial charge in [-0.2, -0.15) is 10.2 Å². The van der Waals surface area contributed by atoms with Crippen LogP contribution in [0.2, 0.25) is 0 Å². The number of amides is 4. The summed E-state index contributed by atoms with van der Waals surface area (Å²) in [5.74, 6) is 0.120. The summed E-state index contributed by atoms with van der Waals surface area (Å²) in [5.41, 5.74) is 16.6. The predicted molar refractivity (Wildman–Crippen MR) is 250 cm³/mol. The van der Waals surface area contributed by atoms with Gasteiger partial charge in [-0.1, -0.05) is 39.5 Å². The van der Waals surface area contributed by atoms with Crippen molar-refractivity contribution < 1.29 is 28.7 Å². The third-order valence-electron chi connectivity index (χ3n) is 10.3. The number of fused-ring (bicyclic) bond motifs is 1. The number of primary amides is 2. The number of nitrogens with zero attached hydrogens (tertiary/aromatic N) is 7. The SMILES string of the molecule is CCCCCCCn1c(NC(=O)c2cc(C)nn2CC)nc2cc(C(N)=O)cc(OCCCNCCC)c21.CCn1nc(C)cc1C(=O)NC(C)=Nc1cc(C(N)=O)cc(OC)c1C. The summed E-state index contributed by atoms with van der Waals surface area (Å²) >= 11 is 0. The quantitative estimate of drug-likeness (QED) is 0.0278. The number of benzene rings is 2. The number of nitrogens with one attached hydrogen (secondary N) is 3. The average Bonchev–Trinajstić information content (AvgIpc) is 3.96. The molecule has 18 nitrogen and oxygen atoms in total. The summed E-state index contributed by atoms with van der Waals surface area (Å²) in [6.45, 7) is 19.5. The van der Waals surface area contributed by atoms with Crippen LogP contribution in [-0.2, 0) is 19.6 Å². The van der Waals surface area contributed by atoms with Crippen molar-refractivity contribution in [3.8, 4) is 11.5 Å². The van der Waals surface area contributed by atoms with Crippen molar-refractivity contribution in [1.82, 2.24) is 39.7 Å². The second kappa shape index (κ2) is 24.3. The monoisotopic (exact) mass is 883 g/mol. The van der Waals surface area contributed by atoms with E-state index in [1.54, 1.807) is 52.7 Å². The Labute approximate surface area is 375 Å². The summed E-state index contributed by atoms with van der Waals surface area (Å²) in [6.07, 6.45) is 7.40. The molecule has 0 atom stereocenters. The van der Waals surface area contributed by atoms with Crippen molar-refractivity contribution in [1.29, 1.82) is 0 Å². The molecule has 0 radical (unpaired) electrons. The Morgan fingerprint density at radius 2 is 1.34 bits per heavy atom. The molecule has 0 aliphatic carbocycles. The van der Waals surface area contributed by atoms with Crippen LogP contribution in [0.15, 0.2) is 41.4 Å². The number of hydrogen-bond donors (Lipinski definition) is 5. The molecule has 5 aromatic rings. The van der Waals surface area contributed by atoms with E-state index >= 15 is 0 Å². The predicted octanol–water partition coefficient (Wildman–Crippen LogP) is 6.76. The number of amidine groups is 1. The number of imidazole rings is 1. The standard InChI is InChI=1S/C28H43N7O3.C18H23N5O3/c1-5-8-9-10-11-15-34-25-22(31-28(34)32-27(37)23-17-20(4)33-35(23)7-3)18-21(26(29)36)19-24(25)38-16-12-14-30-13-6-2;1-6-23-15(7-10(2)22-23)18(25)21-12(4)20-14-8-13(17(19)24)9-16(26-5)11(14)3/h17-19,30H,5-16H2,1-4H3,(H2,29,36)(H,31,32,37);7-9H,6H2,1-5H3,(H2,19,24)(H,20,21,25). The van der Waals surface area contributed by atoms with Crippen LogP contribution in [0, 0.1) is 20.8 Å². The van der Waals surface area contributed by atoms with E-state index in [1.807, 2.05) is 39.2 Å². The van der Waals surface area contributed by atoms with Gasteiger partial charge in [0.25, 0.3) is 11.8 Å². The van der Waals surface area contributed by atoms with E-state index in [9.17, 15) is 19.2 Å². The number of carbonyl (C=O) groups excluding carboxylic acids is 4. The first-order valence-corrected chi connectivity index (χ1v) is 22.1. The van der Waals surface area contributed by atoms with Crippen LogP contribution >= 0.6 is 0 Å². The highest BCUT2D eigenvalue weighted by atomic mass is 16.5. The van der Waals surface area contributed by atoms with Crippen molar-refractivity contribution in [3.63, 3.8) is 0 Å². The summed E-state index contributed by atoms with van der Waals surface area (Å²) in [6, 6.07) is 9.96. The minimum Gasteiger partial charge on any atom is -0.496 e. The zero-order chi connectivity index (χ0) is 46.9. The number of methoxy groups -OCH3 is 1. The summed E-state index contributed by atoms with van der Waals surface area (Å²) in [7, 11) is 1.50. The molecule has 3 aromatic heterocycles. The van der Waals surface area contributed by atoms with E-state index in [-0.39, 0.29) is 17.4 Å². The van der Waals surface area contributed by atoms with Gasteiger partial charge < -0.3 is 36.1 Å². The fourth-order valence-corrected chi connectivity index (χ4v) is 7.03. The summed E-state index contributed by atoms with van der Waals surface area (Å²) < 4.78 is 16.7. The van der Waals surface area contributed by atoms with Gasteiger partial charge in [0.1, 0.15) is 34.2 Å². The molecule has 346 valence electrons. The third-order valence-corrected chi connectivity index (χ3v) is 10.3. The van der Waals surface area contributed by atoms with E-state index in [0.717, 1.165) is 67.7 Å². The van der Waals surface area contributed by atoms with Gasteiger partial charge in [0.05, 0.1) is 36.3 Å². The Kier molecular flexibility index (Phi) is 19.0. The van der Waals surface area contributed by atoms with Crippen LogP contribution in [0.4, 0.5) is 11.6 Å². The van der Waals surface area contributed by atoms with Gasteiger partial charge in [-0.15, -0.1) is 0 Å². The zero-order valence-electron chi connectivity index (χ0n) is 38.9. The fraction of sp³-hybridized carbons (Fsp3) is 0.478. The number of rotatable bonds is 22. The minimum absolute atomic E-state index is 0.282. The smallest absolute Gasteiger partial charge is 0.276 e. The molecule has 5 rings (SSSR count). The molecule has 3 heterocycles. The molecule has 0 saturated heterocycles. The molecule has 64 heavy (non-hydrogen) atoms. The number of aromatic nitrogens is 6. The maximum absolute atomic E-state index is 13.3. The topological polar surface area (TPSA) is 241 Å². The number of unbranched alkanes of at least 4 members (excludes halogenated alkanes) is 4. The van der Waals surface area contributed by atoms with E-state index in [0.29, 0.717) is 77.7 Å². The van der Waals surface area contributed by atoms with Gasteiger partial charge in [-0.3, -0.25) is 33.9 Å². The largest absolute Gasteiger partial charge is 0.496 e. The third kappa shape index (κ3) is 13.5. The highest BCUT2D eigenvalue weighted by Gasteiger charge is 2.22. The Morgan fingerprint density at radius 3 is 1.94 bits per heavy atom. The van der Waals surface area contributed by atoms with Gasteiger partial charge in [0, 0.05) is 36.3 Å². The van der Waals surface area contributed by atoms with Gasteiger partial charge in [-0.25, -0.2) is 9.98 Å². The van der Waals surface area contributed by atoms with Crippen molar-refractivity contribution in [2.45, 2.75) is 120 Å². The normalized spacial score (nSPS) is 11.3. The maximum Gasteiger partial charge on any atom is 0.276 e. The van der Waals surface area contributed by atoms with Crippen LogP contribution in [0.3, 0.4) is 0 Å². The number of anilines is 1. The molecule has 18 heteroatoms. The first-order chi connectivity index (χ1) is 30.6. The maximum atomic E-state index is 13.3. The lowest BCUT2D eigenvalue weighted by atomic mass is 10.1. The van der Waals surface area contributed by atoms with Crippen molar-refractivity contribution in [2.24, 2.45) is 16.5 Å². The highest BCUT2D eigenvalue weighted by Crippen LogP contribution is 2.32. The molecule has 7 N–H and O–H groups in total. The van der Waals surface area contributed by atoms with Gasteiger partial charge in [0.15, 0.2) is 0 Å². The molecular formula is C46H66N12O6. The number of carbonyl (C=O) groups is 4. The molecule has 0 saturated carbocycles. The van der Waals surface area contributed by atoms with Crippen LogP contribution in [0.25, 0.3) is 11.0 Å². The molecule has 2 aromatic carbocycles. The molecule has 0 spiro atoms. The van der Waals surface area contributed by atoms with E-state index < -0.39 is 11.8 Å². The van der Waals surface area contributed by atoms with Crippen molar-refractivity contribution in [3.05, 3.63) is 75.9 Å².